The maximum atomic E-state index is 12.1. The van der Waals surface area contributed by atoms with Gasteiger partial charge >= 0.3 is 6.03 Å². The monoisotopic (exact) mass is 282 g/mol. The van der Waals surface area contributed by atoms with Crippen molar-refractivity contribution >= 4 is 17.6 Å². The van der Waals surface area contributed by atoms with Gasteiger partial charge in [-0.1, -0.05) is 44.5 Å². The Kier molecular flexibility index (Phi) is 5.67. The predicted molar refractivity (Wildman–Crippen MR) is 80.4 cm³/mol. The lowest BCUT2D eigenvalue weighted by atomic mass is 9.97. The van der Waals surface area contributed by atoms with Gasteiger partial charge in [-0.2, -0.15) is 0 Å². The Morgan fingerprint density at radius 1 is 1.37 bits per heavy atom. The van der Waals surface area contributed by atoms with Crippen LogP contribution in [0.1, 0.15) is 33.3 Å². The molecule has 4 heteroatoms. The van der Waals surface area contributed by atoms with E-state index < -0.39 is 0 Å². The molecule has 0 saturated heterocycles. The lowest BCUT2D eigenvalue weighted by Crippen LogP contribution is -2.42. The lowest BCUT2D eigenvalue weighted by molar-refractivity contribution is 0.193. The van der Waals surface area contributed by atoms with E-state index in [0.717, 1.165) is 5.56 Å². The highest BCUT2D eigenvalue weighted by Gasteiger charge is 2.16. The van der Waals surface area contributed by atoms with Crippen LogP contribution in [-0.2, 0) is 6.54 Å². The van der Waals surface area contributed by atoms with Crippen molar-refractivity contribution < 1.29 is 4.79 Å². The van der Waals surface area contributed by atoms with E-state index in [1.165, 1.54) is 0 Å². The van der Waals surface area contributed by atoms with Gasteiger partial charge in [-0.25, -0.2) is 4.79 Å². The minimum Gasteiger partial charge on any atom is -0.337 e. The number of hydrogen-bond donors (Lipinski definition) is 1. The van der Waals surface area contributed by atoms with E-state index in [0.29, 0.717) is 24.7 Å². The van der Waals surface area contributed by atoms with Crippen LogP contribution < -0.4 is 5.32 Å². The standard InChI is InChI=1S/C15H23ClN2O/c1-5-18(14(19)17-11-15(2,3)4)10-12-7-6-8-13(16)9-12/h6-9H,5,10-11H2,1-4H3,(H,17,19). The van der Waals surface area contributed by atoms with Crippen LogP contribution in [0.3, 0.4) is 0 Å². The molecule has 0 bridgehead atoms. The quantitative estimate of drug-likeness (QED) is 0.892. The third-order valence-electron chi connectivity index (χ3n) is 2.70. The summed E-state index contributed by atoms with van der Waals surface area (Å²) in [5.74, 6) is 0. The first-order valence-electron chi connectivity index (χ1n) is 6.59. The van der Waals surface area contributed by atoms with E-state index in [9.17, 15) is 4.79 Å². The van der Waals surface area contributed by atoms with Crippen molar-refractivity contribution in [1.82, 2.24) is 10.2 Å². The van der Waals surface area contributed by atoms with Crippen LogP contribution in [0, 0.1) is 5.41 Å². The average Bonchev–Trinajstić information content (AvgIpc) is 2.32. The summed E-state index contributed by atoms with van der Waals surface area (Å²) in [5, 5.41) is 3.66. The SMILES string of the molecule is CCN(Cc1cccc(Cl)c1)C(=O)NCC(C)(C)C. The Balaban J connectivity index is 2.60. The molecular weight excluding hydrogens is 260 g/mol. The topological polar surface area (TPSA) is 32.3 Å². The second kappa shape index (κ2) is 6.80. The Hall–Kier alpha value is -1.22. The molecule has 1 rings (SSSR count). The summed E-state index contributed by atoms with van der Waals surface area (Å²) in [6, 6.07) is 7.57. The molecule has 19 heavy (non-hydrogen) atoms. The summed E-state index contributed by atoms with van der Waals surface area (Å²) in [6.45, 7) is 10.2. The van der Waals surface area contributed by atoms with Crippen molar-refractivity contribution in [3.63, 3.8) is 0 Å². The molecule has 1 aromatic rings. The molecule has 106 valence electrons. The van der Waals surface area contributed by atoms with Crippen LogP contribution in [0.2, 0.25) is 5.02 Å². The maximum Gasteiger partial charge on any atom is 0.317 e. The summed E-state index contributed by atoms with van der Waals surface area (Å²) in [6.07, 6.45) is 0. The number of urea groups is 1. The molecule has 0 heterocycles. The molecule has 0 spiro atoms. The van der Waals surface area contributed by atoms with Gasteiger partial charge in [0.15, 0.2) is 0 Å². The van der Waals surface area contributed by atoms with Gasteiger partial charge in [-0.15, -0.1) is 0 Å². The molecule has 2 amide bonds. The largest absolute Gasteiger partial charge is 0.337 e. The first-order valence-corrected chi connectivity index (χ1v) is 6.97. The van der Waals surface area contributed by atoms with Gasteiger partial charge in [0.05, 0.1) is 0 Å². The lowest BCUT2D eigenvalue weighted by Gasteiger charge is -2.25. The van der Waals surface area contributed by atoms with Crippen molar-refractivity contribution in [3.8, 4) is 0 Å². The Labute approximate surface area is 120 Å². The number of nitrogens with one attached hydrogen (secondary N) is 1. The van der Waals surface area contributed by atoms with Crippen molar-refractivity contribution in [2.24, 2.45) is 5.41 Å². The Morgan fingerprint density at radius 3 is 2.58 bits per heavy atom. The molecule has 0 atom stereocenters. The molecule has 0 aromatic heterocycles. The molecule has 0 unspecified atom stereocenters. The molecule has 1 aromatic carbocycles. The Morgan fingerprint density at radius 2 is 2.05 bits per heavy atom. The van der Waals surface area contributed by atoms with Crippen LogP contribution in [0.25, 0.3) is 0 Å². The van der Waals surface area contributed by atoms with Gasteiger partial charge in [-0.3, -0.25) is 0 Å². The fraction of sp³-hybridized carbons (Fsp3) is 0.533. The van der Waals surface area contributed by atoms with Gasteiger partial charge in [0.2, 0.25) is 0 Å². The average molecular weight is 283 g/mol. The maximum absolute atomic E-state index is 12.1. The summed E-state index contributed by atoms with van der Waals surface area (Å²) < 4.78 is 0. The molecule has 1 N–H and O–H groups in total. The van der Waals surface area contributed by atoms with Crippen LogP contribution >= 0.6 is 11.6 Å². The van der Waals surface area contributed by atoms with Crippen molar-refractivity contribution in [1.29, 1.82) is 0 Å². The summed E-state index contributed by atoms with van der Waals surface area (Å²) in [7, 11) is 0. The number of hydrogen-bond acceptors (Lipinski definition) is 1. The van der Waals surface area contributed by atoms with Gasteiger partial charge in [-0.05, 0) is 30.0 Å². The summed E-state index contributed by atoms with van der Waals surface area (Å²) >= 11 is 5.95. The molecule has 0 aliphatic heterocycles. The molecule has 0 saturated carbocycles. The number of amides is 2. The molecule has 0 fully saturated rings. The highest BCUT2D eigenvalue weighted by atomic mass is 35.5. The van der Waals surface area contributed by atoms with Gasteiger partial charge < -0.3 is 10.2 Å². The van der Waals surface area contributed by atoms with Crippen LogP contribution in [0.5, 0.6) is 0 Å². The fourth-order valence-corrected chi connectivity index (χ4v) is 1.85. The van der Waals surface area contributed by atoms with E-state index in [2.05, 4.69) is 26.1 Å². The number of benzene rings is 1. The zero-order valence-corrected chi connectivity index (χ0v) is 12.9. The Bertz CT molecular complexity index is 426. The second-order valence-electron chi connectivity index (χ2n) is 5.86. The third-order valence-corrected chi connectivity index (χ3v) is 2.94. The second-order valence-corrected chi connectivity index (χ2v) is 6.30. The van der Waals surface area contributed by atoms with E-state index in [-0.39, 0.29) is 11.4 Å². The minimum absolute atomic E-state index is 0.0302. The molecule has 0 aliphatic carbocycles. The number of halogens is 1. The van der Waals surface area contributed by atoms with Gasteiger partial charge in [0.25, 0.3) is 0 Å². The zero-order chi connectivity index (χ0) is 14.5. The van der Waals surface area contributed by atoms with Crippen molar-refractivity contribution in [2.75, 3.05) is 13.1 Å². The van der Waals surface area contributed by atoms with E-state index in [1.54, 1.807) is 4.90 Å². The van der Waals surface area contributed by atoms with E-state index in [4.69, 9.17) is 11.6 Å². The highest BCUT2D eigenvalue weighted by molar-refractivity contribution is 6.30. The molecule has 0 radical (unpaired) electrons. The smallest absolute Gasteiger partial charge is 0.317 e. The number of carbonyl (C=O) groups excluding carboxylic acids is 1. The summed E-state index contributed by atoms with van der Waals surface area (Å²) in [5.41, 5.74) is 1.13. The third kappa shape index (κ3) is 5.97. The minimum atomic E-state index is -0.0302. The predicted octanol–water partition coefficient (Wildman–Crippen LogP) is 3.92. The van der Waals surface area contributed by atoms with Crippen LogP contribution in [0.15, 0.2) is 24.3 Å². The summed E-state index contributed by atoms with van der Waals surface area (Å²) in [4.78, 5) is 13.9. The van der Waals surface area contributed by atoms with Gasteiger partial charge in [0.1, 0.15) is 0 Å². The number of carbonyl (C=O) groups is 1. The van der Waals surface area contributed by atoms with E-state index in [1.807, 2.05) is 31.2 Å². The number of rotatable bonds is 4. The van der Waals surface area contributed by atoms with Crippen LogP contribution in [0.4, 0.5) is 4.79 Å². The number of nitrogens with zero attached hydrogens (tertiary/aromatic N) is 1. The molecule has 3 nitrogen and oxygen atoms in total. The van der Waals surface area contributed by atoms with Crippen molar-refractivity contribution in [2.45, 2.75) is 34.2 Å². The first-order chi connectivity index (χ1) is 8.81. The first kappa shape index (κ1) is 15.8. The highest BCUT2D eigenvalue weighted by Crippen LogP contribution is 2.13. The van der Waals surface area contributed by atoms with Crippen LogP contribution in [-0.4, -0.2) is 24.0 Å². The zero-order valence-electron chi connectivity index (χ0n) is 12.2. The van der Waals surface area contributed by atoms with Crippen molar-refractivity contribution in [3.05, 3.63) is 34.9 Å². The molecule has 0 aliphatic rings. The van der Waals surface area contributed by atoms with Gasteiger partial charge in [0, 0.05) is 24.7 Å². The normalized spacial score (nSPS) is 11.2. The van der Waals surface area contributed by atoms with E-state index >= 15 is 0 Å². The fourth-order valence-electron chi connectivity index (χ4n) is 1.64. The molecular formula is C15H23ClN2O.